The Morgan fingerprint density at radius 2 is 1.80 bits per heavy atom. The van der Waals surface area contributed by atoms with Crippen LogP contribution in [0.3, 0.4) is 0 Å². The maximum atomic E-state index is 11.6. The van der Waals surface area contributed by atoms with Gasteiger partial charge in [-0.15, -0.1) is 0 Å². The summed E-state index contributed by atoms with van der Waals surface area (Å²) in [5.41, 5.74) is 7.73. The van der Waals surface area contributed by atoms with Crippen LogP contribution in [0.1, 0.15) is 32.0 Å². The van der Waals surface area contributed by atoms with E-state index in [0.717, 1.165) is 22.1 Å². The molecule has 0 saturated heterocycles. The smallest absolute Gasteiger partial charge is 0.408 e. The normalized spacial score (nSPS) is 11.3. The molecule has 1 amide bonds. The van der Waals surface area contributed by atoms with Crippen molar-refractivity contribution in [1.29, 1.82) is 0 Å². The zero-order chi connectivity index (χ0) is 25.0. The Kier molecular flexibility index (Phi) is 6.68. The molecule has 180 valence electrons. The first-order valence-electron chi connectivity index (χ1n) is 11.1. The molecule has 0 aliphatic heterocycles. The van der Waals surface area contributed by atoms with Crippen LogP contribution in [0.4, 0.5) is 22.1 Å². The fourth-order valence-electron chi connectivity index (χ4n) is 3.60. The number of ether oxygens (including phenoxy) is 1. The van der Waals surface area contributed by atoms with Gasteiger partial charge in [0.1, 0.15) is 24.0 Å². The van der Waals surface area contributed by atoms with Gasteiger partial charge in [-0.3, -0.25) is 9.88 Å². The lowest BCUT2D eigenvalue weighted by Crippen LogP contribution is -2.44. The highest BCUT2D eigenvalue weighted by Gasteiger charge is 2.26. The predicted octanol–water partition coefficient (Wildman–Crippen LogP) is 5.21. The topological polar surface area (TPSA) is 126 Å². The third kappa shape index (κ3) is 5.75. The van der Waals surface area contributed by atoms with E-state index in [4.69, 9.17) is 10.5 Å². The Morgan fingerprint density at radius 3 is 2.49 bits per heavy atom. The number of aromatic nitrogens is 3. The van der Waals surface area contributed by atoms with Gasteiger partial charge in [0.05, 0.1) is 24.6 Å². The first-order valence-corrected chi connectivity index (χ1v) is 11.1. The van der Waals surface area contributed by atoms with E-state index in [9.17, 15) is 9.90 Å². The second-order valence-electron chi connectivity index (χ2n) is 9.09. The van der Waals surface area contributed by atoms with Gasteiger partial charge in [0.15, 0.2) is 0 Å². The average molecular weight is 473 g/mol. The van der Waals surface area contributed by atoms with Crippen molar-refractivity contribution in [3.8, 4) is 5.75 Å². The first kappa shape index (κ1) is 23.7. The number of carbonyl (C=O) groups is 1. The standard InChI is InChI=1S/C26H28N6O3/c1-26(2,3)32(25(33)34)15-18-13-30-24(14-29-18)31-23-12-17(10-11-28-23)16-35-22-9-8-21(27)19-6-4-5-7-20(19)22/h4-14H,15-16,27H2,1-3H3,(H,33,34)(H,28,30,31). The monoisotopic (exact) mass is 472 g/mol. The molecule has 0 spiro atoms. The molecule has 0 aliphatic carbocycles. The number of nitrogen functional groups attached to an aromatic ring is 1. The zero-order valence-corrected chi connectivity index (χ0v) is 19.9. The third-order valence-electron chi connectivity index (χ3n) is 5.46. The fourth-order valence-corrected chi connectivity index (χ4v) is 3.60. The Balaban J connectivity index is 1.42. The van der Waals surface area contributed by atoms with Crippen LogP contribution < -0.4 is 15.8 Å². The van der Waals surface area contributed by atoms with E-state index in [1.54, 1.807) is 18.6 Å². The van der Waals surface area contributed by atoms with Gasteiger partial charge in [0, 0.05) is 28.2 Å². The van der Waals surface area contributed by atoms with E-state index in [1.807, 2.05) is 69.3 Å². The molecule has 2 aromatic heterocycles. The molecule has 4 rings (SSSR count). The number of amides is 1. The minimum Gasteiger partial charge on any atom is -0.488 e. The molecule has 0 saturated carbocycles. The molecule has 0 aliphatic rings. The van der Waals surface area contributed by atoms with Gasteiger partial charge in [-0.05, 0) is 50.6 Å². The van der Waals surface area contributed by atoms with Crippen molar-refractivity contribution in [3.05, 3.63) is 78.4 Å². The van der Waals surface area contributed by atoms with E-state index in [2.05, 4.69) is 20.3 Å². The van der Waals surface area contributed by atoms with E-state index in [1.165, 1.54) is 4.90 Å². The predicted molar refractivity (Wildman–Crippen MR) is 136 cm³/mol. The number of nitrogens with two attached hydrogens (primary N) is 1. The number of carboxylic acid groups (broad SMARTS) is 1. The van der Waals surface area contributed by atoms with Crippen molar-refractivity contribution in [3.63, 3.8) is 0 Å². The van der Waals surface area contributed by atoms with Crippen molar-refractivity contribution in [2.45, 2.75) is 39.5 Å². The Morgan fingerprint density at radius 1 is 1.03 bits per heavy atom. The molecule has 9 heteroatoms. The number of benzene rings is 2. The van der Waals surface area contributed by atoms with Crippen LogP contribution >= 0.6 is 0 Å². The summed E-state index contributed by atoms with van der Waals surface area (Å²) >= 11 is 0. The lowest BCUT2D eigenvalue weighted by molar-refractivity contribution is 0.0946. The molecule has 0 atom stereocenters. The van der Waals surface area contributed by atoms with Crippen molar-refractivity contribution in [1.82, 2.24) is 19.9 Å². The van der Waals surface area contributed by atoms with E-state index >= 15 is 0 Å². The maximum Gasteiger partial charge on any atom is 0.408 e. The van der Waals surface area contributed by atoms with Crippen LogP contribution in [0.2, 0.25) is 0 Å². The highest BCUT2D eigenvalue weighted by Crippen LogP contribution is 2.30. The molecule has 2 heterocycles. The lowest BCUT2D eigenvalue weighted by Gasteiger charge is -2.32. The number of hydrogen-bond donors (Lipinski definition) is 3. The molecule has 9 nitrogen and oxygen atoms in total. The van der Waals surface area contributed by atoms with Crippen molar-refractivity contribution >= 4 is 34.2 Å². The van der Waals surface area contributed by atoms with Crippen LogP contribution in [-0.2, 0) is 13.2 Å². The van der Waals surface area contributed by atoms with Gasteiger partial charge in [0.2, 0.25) is 0 Å². The molecule has 4 aromatic rings. The zero-order valence-electron chi connectivity index (χ0n) is 19.9. The van der Waals surface area contributed by atoms with Crippen LogP contribution in [0.5, 0.6) is 5.75 Å². The van der Waals surface area contributed by atoms with Crippen molar-refractivity contribution < 1.29 is 14.6 Å². The summed E-state index contributed by atoms with van der Waals surface area (Å²) in [5.74, 6) is 1.85. The summed E-state index contributed by atoms with van der Waals surface area (Å²) in [7, 11) is 0. The van der Waals surface area contributed by atoms with Crippen LogP contribution in [0.25, 0.3) is 10.8 Å². The number of rotatable bonds is 7. The summed E-state index contributed by atoms with van der Waals surface area (Å²) in [5, 5.41) is 14.5. The summed E-state index contributed by atoms with van der Waals surface area (Å²) in [6.07, 6.45) is 3.81. The summed E-state index contributed by atoms with van der Waals surface area (Å²) in [4.78, 5) is 25.9. The second kappa shape index (κ2) is 9.84. The number of anilines is 3. The molecule has 4 N–H and O–H groups in total. The SMILES string of the molecule is CC(C)(C)N(Cc1cnc(Nc2cc(COc3ccc(N)c4ccccc34)ccn2)cn1)C(=O)O. The number of fused-ring (bicyclic) bond motifs is 1. The quantitative estimate of drug-likeness (QED) is 0.313. The Hall–Kier alpha value is -4.40. The average Bonchev–Trinajstić information content (AvgIpc) is 2.83. The molecule has 0 unspecified atom stereocenters. The molecule has 0 bridgehead atoms. The highest BCUT2D eigenvalue weighted by molar-refractivity contribution is 5.96. The molecular weight excluding hydrogens is 444 g/mol. The van der Waals surface area contributed by atoms with Crippen LogP contribution in [0, 0.1) is 0 Å². The molecule has 35 heavy (non-hydrogen) atoms. The van der Waals surface area contributed by atoms with Crippen LogP contribution in [0.15, 0.2) is 67.1 Å². The first-order chi connectivity index (χ1) is 16.7. The molecule has 0 radical (unpaired) electrons. The van der Waals surface area contributed by atoms with E-state index in [0.29, 0.717) is 29.6 Å². The number of hydrogen-bond acceptors (Lipinski definition) is 7. The van der Waals surface area contributed by atoms with Crippen molar-refractivity contribution in [2.24, 2.45) is 0 Å². The van der Waals surface area contributed by atoms with Gasteiger partial charge < -0.3 is 20.9 Å². The summed E-state index contributed by atoms with van der Waals surface area (Å²) < 4.78 is 6.07. The van der Waals surface area contributed by atoms with E-state index in [-0.39, 0.29) is 6.54 Å². The lowest BCUT2D eigenvalue weighted by atomic mass is 10.1. The number of nitrogens with one attached hydrogen (secondary N) is 1. The minimum atomic E-state index is -1.00. The number of nitrogens with zero attached hydrogens (tertiary/aromatic N) is 4. The van der Waals surface area contributed by atoms with Gasteiger partial charge >= 0.3 is 6.09 Å². The van der Waals surface area contributed by atoms with E-state index < -0.39 is 11.6 Å². The molecular formula is C26H28N6O3. The van der Waals surface area contributed by atoms with Crippen LogP contribution in [-0.4, -0.2) is 36.6 Å². The van der Waals surface area contributed by atoms with Gasteiger partial charge in [0.25, 0.3) is 0 Å². The molecule has 0 fully saturated rings. The van der Waals surface area contributed by atoms with Gasteiger partial charge in [-0.1, -0.05) is 24.3 Å². The Labute approximate surface area is 203 Å². The van der Waals surface area contributed by atoms with Crippen molar-refractivity contribution in [2.75, 3.05) is 11.1 Å². The third-order valence-corrected chi connectivity index (χ3v) is 5.46. The summed E-state index contributed by atoms with van der Waals surface area (Å²) in [6.45, 7) is 6.01. The molecule has 2 aromatic carbocycles. The largest absolute Gasteiger partial charge is 0.488 e. The number of pyridine rings is 1. The maximum absolute atomic E-state index is 11.6. The highest BCUT2D eigenvalue weighted by atomic mass is 16.5. The van der Waals surface area contributed by atoms with Gasteiger partial charge in [-0.2, -0.15) is 0 Å². The minimum absolute atomic E-state index is 0.150. The Bertz CT molecular complexity index is 1340. The summed E-state index contributed by atoms with van der Waals surface area (Å²) in [6, 6.07) is 15.3. The van der Waals surface area contributed by atoms with Gasteiger partial charge in [-0.25, -0.2) is 14.8 Å². The second-order valence-corrected chi connectivity index (χ2v) is 9.09. The fraction of sp³-hybridized carbons (Fsp3) is 0.231.